The van der Waals surface area contributed by atoms with Crippen molar-refractivity contribution in [3.05, 3.63) is 77.4 Å². The molecule has 0 radical (unpaired) electrons. The fourth-order valence-corrected chi connectivity index (χ4v) is 4.88. The van der Waals surface area contributed by atoms with Crippen molar-refractivity contribution >= 4 is 5.97 Å². The van der Waals surface area contributed by atoms with Gasteiger partial charge in [0.1, 0.15) is 5.75 Å². The predicted octanol–water partition coefficient (Wildman–Crippen LogP) is 8.73. The molecule has 2 nitrogen and oxygen atoms in total. The van der Waals surface area contributed by atoms with E-state index < -0.39 is 0 Å². The Labute approximate surface area is 201 Å². The van der Waals surface area contributed by atoms with Crippen LogP contribution in [0.1, 0.15) is 99.5 Å². The van der Waals surface area contributed by atoms with E-state index in [1.54, 1.807) is 0 Å². The van der Waals surface area contributed by atoms with Crippen LogP contribution in [0.5, 0.6) is 5.75 Å². The van der Waals surface area contributed by atoms with Gasteiger partial charge in [-0.05, 0) is 92.2 Å². The van der Waals surface area contributed by atoms with Gasteiger partial charge in [-0.25, -0.2) is 4.79 Å². The lowest BCUT2D eigenvalue weighted by molar-refractivity contribution is 0.0734. The molecule has 1 saturated carbocycles. The minimum Gasteiger partial charge on any atom is -0.423 e. The standard InChI is InChI=1S/C31H42O2/c1-3-5-6-10-26-13-15-27(16-14-26)11-7-8-12-28-17-21-29(22-18-28)31(32)33-30-23-19-25(9-4-2)20-24-30/h7,11,17-24,26-27H,3-6,8-10,12-16H2,1-2H3/b11-7+/t26-,27-. The zero-order valence-corrected chi connectivity index (χ0v) is 20.7. The van der Waals surface area contributed by atoms with Crippen LogP contribution in [0.3, 0.4) is 0 Å². The number of rotatable bonds is 12. The topological polar surface area (TPSA) is 26.3 Å². The van der Waals surface area contributed by atoms with E-state index in [2.05, 4.69) is 38.1 Å². The SMILES string of the molecule is CCCCC[C@H]1CC[C@H](/C=C/CCc2ccc(C(=O)Oc3ccc(CCC)cc3)cc2)CC1. The molecule has 0 aliphatic heterocycles. The van der Waals surface area contributed by atoms with Gasteiger partial charge in [-0.15, -0.1) is 0 Å². The molecule has 0 saturated heterocycles. The van der Waals surface area contributed by atoms with Crippen molar-refractivity contribution < 1.29 is 9.53 Å². The highest BCUT2D eigenvalue weighted by molar-refractivity contribution is 5.91. The molecule has 3 rings (SSSR count). The monoisotopic (exact) mass is 446 g/mol. The van der Waals surface area contributed by atoms with Crippen LogP contribution < -0.4 is 4.74 Å². The zero-order chi connectivity index (χ0) is 23.3. The maximum absolute atomic E-state index is 12.4. The fourth-order valence-electron chi connectivity index (χ4n) is 4.88. The van der Waals surface area contributed by atoms with Crippen molar-refractivity contribution in [2.24, 2.45) is 11.8 Å². The number of unbranched alkanes of at least 4 members (excludes halogenated alkanes) is 2. The number of hydrogen-bond acceptors (Lipinski definition) is 2. The summed E-state index contributed by atoms with van der Waals surface area (Å²) in [6.45, 7) is 4.45. The van der Waals surface area contributed by atoms with Gasteiger partial charge in [0.05, 0.1) is 5.56 Å². The second-order valence-corrected chi connectivity index (χ2v) is 9.72. The molecule has 2 heteroatoms. The maximum Gasteiger partial charge on any atom is 0.343 e. The second-order valence-electron chi connectivity index (χ2n) is 9.72. The molecule has 1 aliphatic rings. The minimum atomic E-state index is -0.296. The highest BCUT2D eigenvalue weighted by Crippen LogP contribution is 2.32. The quantitative estimate of drug-likeness (QED) is 0.141. The number of carbonyl (C=O) groups is 1. The Morgan fingerprint density at radius 1 is 0.848 bits per heavy atom. The van der Waals surface area contributed by atoms with Crippen LogP contribution in [0.15, 0.2) is 60.7 Å². The van der Waals surface area contributed by atoms with E-state index in [9.17, 15) is 4.79 Å². The summed E-state index contributed by atoms with van der Waals surface area (Å²) >= 11 is 0. The second kappa shape index (κ2) is 14.0. The maximum atomic E-state index is 12.4. The van der Waals surface area contributed by atoms with E-state index >= 15 is 0 Å². The number of carbonyl (C=O) groups excluding carboxylic acids is 1. The molecular weight excluding hydrogens is 404 g/mol. The molecule has 0 unspecified atom stereocenters. The van der Waals surface area contributed by atoms with E-state index in [-0.39, 0.29) is 5.97 Å². The summed E-state index contributed by atoms with van der Waals surface area (Å²) in [6, 6.07) is 15.7. The Morgan fingerprint density at radius 3 is 2.18 bits per heavy atom. The molecule has 33 heavy (non-hydrogen) atoms. The Hall–Kier alpha value is -2.35. The molecule has 0 aromatic heterocycles. The molecule has 0 bridgehead atoms. The Kier molecular flexibility index (Phi) is 10.7. The molecule has 2 aromatic carbocycles. The fraction of sp³-hybridized carbons (Fsp3) is 0.516. The zero-order valence-electron chi connectivity index (χ0n) is 20.7. The lowest BCUT2D eigenvalue weighted by Crippen LogP contribution is -2.13. The van der Waals surface area contributed by atoms with Gasteiger partial charge >= 0.3 is 5.97 Å². The van der Waals surface area contributed by atoms with Crippen molar-refractivity contribution in [1.82, 2.24) is 0 Å². The van der Waals surface area contributed by atoms with E-state index in [0.717, 1.165) is 37.5 Å². The minimum absolute atomic E-state index is 0.296. The summed E-state index contributed by atoms with van der Waals surface area (Å²) in [5.74, 6) is 2.06. The first kappa shape index (κ1) is 25.3. The van der Waals surface area contributed by atoms with Gasteiger partial charge in [0, 0.05) is 0 Å². The lowest BCUT2D eigenvalue weighted by Gasteiger charge is -2.26. The van der Waals surface area contributed by atoms with Crippen LogP contribution in [0.4, 0.5) is 0 Å². The van der Waals surface area contributed by atoms with Crippen LogP contribution in [0.25, 0.3) is 0 Å². The van der Waals surface area contributed by atoms with Crippen molar-refractivity contribution in [2.45, 2.75) is 90.9 Å². The molecule has 1 fully saturated rings. The number of esters is 1. The third-order valence-corrected chi connectivity index (χ3v) is 6.98. The molecule has 1 aliphatic carbocycles. The first-order valence-electron chi connectivity index (χ1n) is 13.2. The van der Waals surface area contributed by atoms with Gasteiger partial charge in [-0.2, -0.15) is 0 Å². The number of allylic oxidation sites excluding steroid dienone is 2. The number of ether oxygens (including phenoxy) is 1. The van der Waals surface area contributed by atoms with Crippen LogP contribution in [0, 0.1) is 11.8 Å². The Morgan fingerprint density at radius 2 is 1.52 bits per heavy atom. The highest BCUT2D eigenvalue weighted by Gasteiger charge is 2.18. The lowest BCUT2D eigenvalue weighted by atomic mass is 9.79. The molecule has 0 atom stereocenters. The van der Waals surface area contributed by atoms with Gasteiger partial charge in [0.2, 0.25) is 0 Å². The van der Waals surface area contributed by atoms with Gasteiger partial charge in [-0.3, -0.25) is 0 Å². The summed E-state index contributed by atoms with van der Waals surface area (Å²) in [7, 11) is 0. The first-order chi connectivity index (χ1) is 16.2. The molecule has 0 N–H and O–H groups in total. The van der Waals surface area contributed by atoms with Gasteiger partial charge in [-0.1, -0.05) is 82.4 Å². The summed E-state index contributed by atoms with van der Waals surface area (Å²) in [5.41, 5.74) is 3.13. The molecule has 0 amide bonds. The van der Waals surface area contributed by atoms with Crippen molar-refractivity contribution in [1.29, 1.82) is 0 Å². The van der Waals surface area contributed by atoms with Gasteiger partial charge < -0.3 is 4.74 Å². The average Bonchev–Trinajstić information content (AvgIpc) is 2.85. The largest absolute Gasteiger partial charge is 0.423 e. The van der Waals surface area contributed by atoms with Gasteiger partial charge in [0.15, 0.2) is 0 Å². The van der Waals surface area contributed by atoms with Crippen molar-refractivity contribution in [3.63, 3.8) is 0 Å². The average molecular weight is 447 g/mol. The van der Waals surface area contributed by atoms with Crippen molar-refractivity contribution in [2.75, 3.05) is 0 Å². The smallest absolute Gasteiger partial charge is 0.343 e. The predicted molar refractivity (Wildman–Crippen MR) is 139 cm³/mol. The van der Waals surface area contributed by atoms with Crippen LogP contribution >= 0.6 is 0 Å². The van der Waals surface area contributed by atoms with Crippen molar-refractivity contribution in [3.8, 4) is 5.75 Å². The van der Waals surface area contributed by atoms with Crippen LogP contribution in [0.2, 0.25) is 0 Å². The first-order valence-corrected chi connectivity index (χ1v) is 13.2. The molecule has 178 valence electrons. The third-order valence-electron chi connectivity index (χ3n) is 6.98. The third kappa shape index (κ3) is 8.84. The van der Waals surface area contributed by atoms with Gasteiger partial charge in [0.25, 0.3) is 0 Å². The van der Waals surface area contributed by atoms with Crippen LogP contribution in [-0.2, 0) is 12.8 Å². The van der Waals surface area contributed by atoms with E-state index in [0.29, 0.717) is 11.3 Å². The van der Waals surface area contributed by atoms with E-state index in [1.165, 1.54) is 62.5 Å². The number of benzene rings is 2. The number of aryl methyl sites for hydroxylation is 2. The Bertz CT molecular complexity index is 839. The molecule has 0 spiro atoms. The Balaban J connectivity index is 1.37. The summed E-state index contributed by atoms with van der Waals surface area (Å²) < 4.78 is 5.52. The number of hydrogen-bond donors (Lipinski definition) is 0. The van der Waals surface area contributed by atoms with E-state index in [4.69, 9.17) is 4.74 Å². The summed E-state index contributed by atoms with van der Waals surface area (Å²) in [5, 5.41) is 0. The highest BCUT2D eigenvalue weighted by atomic mass is 16.5. The molecule has 2 aromatic rings. The summed E-state index contributed by atoms with van der Waals surface area (Å²) in [6.07, 6.45) is 20.2. The van der Waals surface area contributed by atoms with E-state index in [1.807, 2.05) is 36.4 Å². The van der Waals surface area contributed by atoms with Crippen LogP contribution in [-0.4, -0.2) is 5.97 Å². The summed E-state index contributed by atoms with van der Waals surface area (Å²) in [4.78, 5) is 12.4. The molecule has 0 heterocycles. The normalized spacial score (nSPS) is 18.5. The molecular formula is C31H42O2.